The summed E-state index contributed by atoms with van der Waals surface area (Å²) in [5.41, 5.74) is 1.43. The van der Waals surface area contributed by atoms with E-state index in [-0.39, 0.29) is 6.10 Å². The van der Waals surface area contributed by atoms with Gasteiger partial charge in [0.2, 0.25) is 0 Å². The molecule has 0 radical (unpaired) electrons. The van der Waals surface area contributed by atoms with E-state index in [2.05, 4.69) is 19.9 Å². The van der Waals surface area contributed by atoms with Crippen LogP contribution in [0.15, 0.2) is 11.6 Å². The Morgan fingerprint density at radius 2 is 2.33 bits per heavy atom. The molecule has 0 saturated heterocycles. The van der Waals surface area contributed by atoms with Crippen molar-refractivity contribution in [3.63, 3.8) is 0 Å². The Morgan fingerprint density at radius 1 is 1.67 bits per heavy atom. The fourth-order valence-electron chi connectivity index (χ4n) is 1.21. The van der Waals surface area contributed by atoms with Crippen molar-refractivity contribution in [1.29, 1.82) is 0 Å². The topological polar surface area (TPSA) is 20.2 Å². The minimum Gasteiger partial charge on any atom is -0.393 e. The normalized spacial score (nSPS) is 36.1. The van der Waals surface area contributed by atoms with E-state index < -0.39 is 0 Å². The monoisotopic (exact) mass is 126 g/mol. The number of aliphatic hydroxyl groups excluding tert-OH is 1. The van der Waals surface area contributed by atoms with E-state index in [4.69, 9.17) is 5.11 Å². The SMILES string of the molecule is CC1=CC[C@@H](O)C[C@H]1C. The number of rotatable bonds is 0. The molecular weight excluding hydrogens is 112 g/mol. The van der Waals surface area contributed by atoms with Crippen molar-refractivity contribution < 1.29 is 5.11 Å². The molecule has 1 heteroatoms. The Kier molecular flexibility index (Phi) is 1.91. The first-order valence-corrected chi connectivity index (χ1v) is 3.55. The number of hydrogen-bond acceptors (Lipinski definition) is 1. The van der Waals surface area contributed by atoms with Gasteiger partial charge >= 0.3 is 0 Å². The lowest BCUT2D eigenvalue weighted by Gasteiger charge is -2.21. The van der Waals surface area contributed by atoms with Gasteiger partial charge in [0.1, 0.15) is 0 Å². The van der Waals surface area contributed by atoms with E-state index in [1.165, 1.54) is 5.57 Å². The van der Waals surface area contributed by atoms with Crippen LogP contribution in [0, 0.1) is 5.92 Å². The summed E-state index contributed by atoms with van der Waals surface area (Å²) < 4.78 is 0. The van der Waals surface area contributed by atoms with Crippen LogP contribution in [0.4, 0.5) is 0 Å². The molecule has 9 heavy (non-hydrogen) atoms. The van der Waals surface area contributed by atoms with Gasteiger partial charge in [-0.05, 0) is 25.7 Å². The summed E-state index contributed by atoms with van der Waals surface area (Å²) in [7, 11) is 0. The largest absolute Gasteiger partial charge is 0.393 e. The zero-order valence-corrected chi connectivity index (χ0v) is 6.09. The van der Waals surface area contributed by atoms with E-state index in [0.717, 1.165) is 12.8 Å². The van der Waals surface area contributed by atoms with Gasteiger partial charge in [-0.15, -0.1) is 0 Å². The van der Waals surface area contributed by atoms with Crippen molar-refractivity contribution >= 4 is 0 Å². The minimum atomic E-state index is -0.0799. The molecule has 1 aliphatic carbocycles. The first-order valence-electron chi connectivity index (χ1n) is 3.55. The maximum atomic E-state index is 9.15. The quantitative estimate of drug-likeness (QED) is 0.490. The van der Waals surface area contributed by atoms with Gasteiger partial charge in [0.25, 0.3) is 0 Å². The molecule has 0 bridgehead atoms. The zero-order valence-electron chi connectivity index (χ0n) is 6.09. The fraction of sp³-hybridized carbons (Fsp3) is 0.750. The summed E-state index contributed by atoms with van der Waals surface area (Å²) in [4.78, 5) is 0. The van der Waals surface area contributed by atoms with Gasteiger partial charge in [-0.25, -0.2) is 0 Å². The summed E-state index contributed by atoms with van der Waals surface area (Å²) in [6.45, 7) is 4.30. The van der Waals surface area contributed by atoms with Gasteiger partial charge in [-0.3, -0.25) is 0 Å². The van der Waals surface area contributed by atoms with Gasteiger partial charge in [0.15, 0.2) is 0 Å². The van der Waals surface area contributed by atoms with Crippen LogP contribution >= 0.6 is 0 Å². The van der Waals surface area contributed by atoms with Crippen molar-refractivity contribution in [2.45, 2.75) is 32.8 Å². The highest BCUT2D eigenvalue weighted by Crippen LogP contribution is 2.23. The molecule has 52 valence electrons. The molecule has 0 aromatic heterocycles. The molecule has 1 aliphatic rings. The summed E-state index contributed by atoms with van der Waals surface area (Å²) in [6.07, 6.45) is 3.86. The molecule has 1 N–H and O–H groups in total. The summed E-state index contributed by atoms with van der Waals surface area (Å²) >= 11 is 0. The van der Waals surface area contributed by atoms with Crippen molar-refractivity contribution in [3.05, 3.63) is 11.6 Å². The smallest absolute Gasteiger partial charge is 0.0580 e. The molecule has 0 fully saturated rings. The second-order valence-electron chi connectivity index (χ2n) is 2.97. The molecule has 0 spiro atoms. The Balaban J connectivity index is 2.56. The van der Waals surface area contributed by atoms with Gasteiger partial charge < -0.3 is 5.11 Å². The third kappa shape index (κ3) is 1.55. The summed E-state index contributed by atoms with van der Waals surface area (Å²) in [6, 6.07) is 0. The van der Waals surface area contributed by atoms with E-state index in [9.17, 15) is 0 Å². The van der Waals surface area contributed by atoms with E-state index >= 15 is 0 Å². The van der Waals surface area contributed by atoms with Gasteiger partial charge in [0, 0.05) is 0 Å². The van der Waals surface area contributed by atoms with Crippen LogP contribution in [-0.2, 0) is 0 Å². The minimum absolute atomic E-state index is 0.0799. The molecule has 1 nitrogen and oxygen atoms in total. The lowest BCUT2D eigenvalue weighted by atomic mass is 9.89. The number of allylic oxidation sites excluding steroid dienone is 1. The molecular formula is C8H14O. The molecule has 0 unspecified atom stereocenters. The second kappa shape index (κ2) is 2.53. The average Bonchev–Trinajstić information content (AvgIpc) is 1.80. The van der Waals surface area contributed by atoms with Crippen LogP contribution in [-0.4, -0.2) is 11.2 Å². The Morgan fingerprint density at radius 3 is 2.78 bits per heavy atom. The van der Waals surface area contributed by atoms with Crippen molar-refractivity contribution in [2.75, 3.05) is 0 Å². The molecule has 0 aromatic rings. The lowest BCUT2D eigenvalue weighted by molar-refractivity contribution is 0.147. The van der Waals surface area contributed by atoms with Crippen molar-refractivity contribution in [2.24, 2.45) is 5.92 Å². The second-order valence-corrected chi connectivity index (χ2v) is 2.97. The van der Waals surface area contributed by atoms with Gasteiger partial charge in [0.05, 0.1) is 6.10 Å². The van der Waals surface area contributed by atoms with E-state index in [0.29, 0.717) is 5.92 Å². The maximum absolute atomic E-state index is 9.15. The number of hydrogen-bond donors (Lipinski definition) is 1. The van der Waals surface area contributed by atoms with Crippen LogP contribution in [0.25, 0.3) is 0 Å². The Bertz CT molecular complexity index is 127. The predicted molar refractivity (Wildman–Crippen MR) is 38.2 cm³/mol. The molecule has 0 aliphatic heterocycles. The maximum Gasteiger partial charge on any atom is 0.0580 e. The molecule has 0 aromatic carbocycles. The third-order valence-electron chi connectivity index (χ3n) is 2.11. The van der Waals surface area contributed by atoms with Gasteiger partial charge in [-0.1, -0.05) is 18.6 Å². The van der Waals surface area contributed by atoms with Crippen LogP contribution < -0.4 is 0 Å². The summed E-state index contributed by atoms with van der Waals surface area (Å²) in [5.74, 6) is 0.591. The predicted octanol–water partition coefficient (Wildman–Crippen LogP) is 1.72. The van der Waals surface area contributed by atoms with Crippen LogP contribution in [0.2, 0.25) is 0 Å². The molecule has 0 heterocycles. The van der Waals surface area contributed by atoms with Crippen LogP contribution in [0.3, 0.4) is 0 Å². The van der Waals surface area contributed by atoms with Crippen LogP contribution in [0.1, 0.15) is 26.7 Å². The third-order valence-corrected chi connectivity index (χ3v) is 2.11. The molecule has 2 atom stereocenters. The fourth-order valence-corrected chi connectivity index (χ4v) is 1.21. The number of aliphatic hydroxyl groups is 1. The first-order chi connectivity index (χ1) is 4.20. The molecule has 1 rings (SSSR count). The summed E-state index contributed by atoms with van der Waals surface area (Å²) in [5, 5.41) is 9.15. The van der Waals surface area contributed by atoms with Gasteiger partial charge in [-0.2, -0.15) is 0 Å². The Hall–Kier alpha value is -0.300. The molecule has 0 saturated carbocycles. The lowest BCUT2D eigenvalue weighted by Crippen LogP contribution is -2.16. The van der Waals surface area contributed by atoms with E-state index in [1.54, 1.807) is 0 Å². The molecule has 0 amide bonds. The zero-order chi connectivity index (χ0) is 6.85. The highest BCUT2D eigenvalue weighted by atomic mass is 16.3. The average molecular weight is 126 g/mol. The van der Waals surface area contributed by atoms with Crippen molar-refractivity contribution in [1.82, 2.24) is 0 Å². The van der Waals surface area contributed by atoms with Crippen LogP contribution in [0.5, 0.6) is 0 Å². The first kappa shape index (κ1) is 6.81. The highest BCUT2D eigenvalue weighted by molar-refractivity contribution is 5.07. The standard InChI is InChI=1S/C8H14O/c1-6-3-4-8(9)5-7(6)2/h3,7-9H,4-5H2,1-2H3/t7-,8-/m1/s1. The van der Waals surface area contributed by atoms with E-state index in [1.807, 2.05) is 0 Å². The highest BCUT2D eigenvalue weighted by Gasteiger charge is 2.15. The van der Waals surface area contributed by atoms with Crippen molar-refractivity contribution in [3.8, 4) is 0 Å². The Labute approximate surface area is 56.4 Å².